The molecule has 0 aromatic rings. The van der Waals surface area contributed by atoms with Crippen LogP contribution in [0.25, 0.3) is 0 Å². The zero-order chi connectivity index (χ0) is 11.1. The summed E-state index contributed by atoms with van der Waals surface area (Å²) in [5.41, 5.74) is 6.35. The number of hydrogen-bond donors (Lipinski definition) is 1. The van der Waals surface area contributed by atoms with Crippen LogP contribution >= 0.6 is 0 Å². The van der Waals surface area contributed by atoms with Crippen LogP contribution in [0, 0.1) is 11.3 Å². The van der Waals surface area contributed by atoms with Gasteiger partial charge in [-0.3, -0.25) is 0 Å². The van der Waals surface area contributed by atoms with Gasteiger partial charge in [0.2, 0.25) is 0 Å². The first-order valence-corrected chi connectivity index (χ1v) is 6.50. The summed E-state index contributed by atoms with van der Waals surface area (Å²) in [6, 6.07) is 0. The third-order valence-electron chi connectivity index (χ3n) is 3.74. The lowest BCUT2D eigenvalue weighted by Gasteiger charge is -2.39. The molecule has 2 heteroatoms. The van der Waals surface area contributed by atoms with E-state index in [1.54, 1.807) is 0 Å². The highest BCUT2D eigenvalue weighted by Crippen LogP contribution is 2.41. The Balaban J connectivity index is 2.31. The molecule has 2 unspecified atom stereocenters. The van der Waals surface area contributed by atoms with E-state index in [1.165, 1.54) is 25.7 Å². The minimum atomic E-state index is 0.394. The zero-order valence-electron chi connectivity index (χ0n) is 10.4. The van der Waals surface area contributed by atoms with Gasteiger partial charge in [0.25, 0.3) is 0 Å². The van der Waals surface area contributed by atoms with E-state index in [1.807, 2.05) is 0 Å². The van der Waals surface area contributed by atoms with E-state index in [-0.39, 0.29) is 0 Å². The molecule has 0 aromatic carbocycles. The van der Waals surface area contributed by atoms with Gasteiger partial charge in [-0.05, 0) is 43.6 Å². The zero-order valence-corrected chi connectivity index (χ0v) is 10.4. The van der Waals surface area contributed by atoms with Crippen molar-refractivity contribution in [2.75, 3.05) is 19.8 Å². The molecule has 2 N–H and O–H groups in total. The molecule has 0 spiro atoms. The molecule has 2 atom stereocenters. The predicted octanol–water partition coefficient (Wildman–Crippen LogP) is 2.96. The van der Waals surface area contributed by atoms with Crippen LogP contribution < -0.4 is 5.73 Å². The molecular weight excluding hydrogens is 186 g/mol. The molecule has 1 saturated carbocycles. The summed E-state index contributed by atoms with van der Waals surface area (Å²) in [4.78, 5) is 0. The molecule has 1 rings (SSSR count). The van der Waals surface area contributed by atoms with Gasteiger partial charge in [0, 0.05) is 13.2 Å². The summed E-state index contributed by atoms with van der Waals surface area (Å²) in [5.74, 6) is 0.855. The van der Waals surface area contributed by atoms with E-state index in [2.05, 4.69) is 13.8 Å². The summed E-state index contributed by atoms with van der Waals surface area (Å²) in [6.07, 6.45) is 7.63. The normalized spacial score (nSPS) is 31.8. The Morgan fingerprint density at radius 3 is 2.80 bits per heavy atom. The van der Waals surface area contributed by atoms with Crippen LogP contribution in [0.3, 0.4) is 0 Å². The predicted molar refractivity (Wildman–Crippen MR) is 64.8 cm³/mol. The molecule has 15 heavy (non-hydrogen) atoms. The first-order chi connectivity index (χ1) is 7.22. The van der Waals surface area contributed by atoms with E-state index in [9.17, 15) is 0 Å². The minimum absolute atomic E-state index is 0.394. The van der Waals surface area contributed by atoms with Crippen molar-refractivity contribution in [1.29, 1.82) is 0 Å². The van der Waals surface area contributed by atoms with Crippen molar-refractivity contribution in [3.8, 4) is 0 Å². The second-order valence-electron chi connectivity index (χ2n) is 5.27. The number of rotatable bonds is 6. The Morgan fingerprint density at radius 1 is 1.40 bits per heavy atom. The maximum absolute atomic E-state index is 5.96. The standard InChI is InChI=1S/C13H27NO/c1-3-8-15-9-7-13(11-14)6-4-5-12(2)10-13/h12H,3-11,14H2,1-2H3. The molecule has 2 nitrogen and oxygen atoms in total. The molecule has 0 radical (unpaired) electrons. The van der Waals surface area contributed by atoms with Crippen molar-refractivity contribution >= 4 is 0 Å². The van der Waals surface area contributed by atoms with Crippen LogP contribution in [0.1, 0.15) is 52.4 Å². The van der Waals surface area contributed by atoms with Crippen molar-refractivity contribution < 1.29 is 4.74 Å². The second kappa shape index (κ2) is 6.49. The van der Waals surface area contributed by atoms with E-state index in [0.29, 0.717) is 5.41 Å². The summed E-state index contributed by atoms with van der Waals surface area (Å²) in [5, 5.41) is 0. The van der Waals surface area contributed by atoms with Gasteiger partial charge in [-0.2, -0.15) is 0 Å². The fraction of sp³-hybridized carbons (Fsp3) is 1.00. The van der Waals surface area contributed by atoms with Crippen LogP contribution in [0.4, 0.5) is 0 Å². The number of ether oxygens (including phenoxy) is 1. The average Bonchev–Trinajstić information content (AvgIpc) is 2.25. The van der Waals surface area contributed by atoms with E-state index in [0.717, 1.165) is 38.5 Å². The lowest BCUT2D eigenvalue weighted by atomic mass is 9.68. The monoisotopic (exact) mass is 213 g/mol. The van der Waals surface area contributed by atoms with Crippen molar-refractivity contribution in [2.24, 2.45) is 17.1 Å². The molecule has 0 aliphatic heterocycles. The van der Waals surface area contributed by atoms with Crippen LogP contribution in [0.2, 0.25) is 0 Å². The van der Waals surface area contributed by atoms with Crippen molar-refractivity contribution in [1.82, 2.24) is 0 Å². The third-order valence-corrected chi connectivity index (χ3v) is 3.74. The summed E-state index contributed by atoms with van der Waals surface area (Å²) < 4.78 is 5.59. The number of nitrogens with two attached hydrogens (primary N) is 1. The summed E-state index contributed by atoms with van der Waals surface area (Å²) in [7, 11) is 0. The first-order valence-electron chi connectivity index (χ1n) is 6.50. The van der Waals surface area contributed by atoms with Gasteiger partial charge in [-0.15, -0.1) is 0 Å². The van der Waals surface area contributed by atoms with Crippen molar-refractivity contribution in [3.63, 3.8) is 0 Å². The van der Waals surface area contributed by atoms with Gasteiger partial charge in [0.05, 0.1) is 0 Å². The van der Waals surface area contributed by atoms with Gasteiger partial charge in [-0.1, -0.05) is 26.7 Å². The van der Waals surface area contributed by atoms with Gasteiger partial charge in [0.15, 0.2) is 0 Å². The fourth-order valence-electron chi connectivity index (χ4n) is 2.82. The molecule has 0 saturated heterocycles. The summed E-state index contributed by atoms with van der Waals surface area (Å²) >= 11 is 0. The average molecular weight is 213 g/mol. The second-order valence-corrected chi connectivity index (χ2v) is 5.27. The van der Waals surface area contributed by atoms with E-state index < -0.39 is 0 Å². The van der Waals surface area contributed by atoms with Gasteiger partial charge in [-0.25, -0.2) is 0 Å². The Bertz CT molecular complexity index is 172. The highest BCUT2D eigenvalue weighted by Gasteiger charge is 2.33. The lowest BCUT2D eigenvalue weighted by Crippen LogP contribution is -2.36. The largest absolute Gasteiger partial charge is 0.381 e. The Kier molecular flexibility index (Phi) is 5.62. The van der Waals surface area contributed by atoms with Crippen molar-refractivity contribution in [3.05, 3.63) is 0 Å². The maximum Gasteiger partial charge on any atom is 0.0471 e. The molecule has 0 heterocycles. The molecule has 1 fully saturated rings. The van der Waals surface area contributed by atoms with Crippen LogP contribution in [0.15, 0.2) is 0 Å². The van der Waals surface area contributed by atoms with Gasteiger partial charge >= 0.3 is 0 Å². The Labute approximate surface area is 94.6 Å². The van der Waals surface area contributed by atoms with E-state index in [4.69, 9.17) is 10.5 Å². The van der Waals surface area contributed by atoms with E-state index >= 15 is 0 Å². The molecular formula is C13H27NO. The molecule has 1 aliphatic rings. The molecule has 90 valence electrons. The van der Waals surface area contributed by atoms with Crippen molar-refractivity contribution in [2.45, 2.75) is 52.4 Å². The topological polar surface area (TPSA) is 35.2 Å². The van der Waals surface area contributed by atoms with Crippen LogP contribution in [0.5, 0.6) is 0 Å². The van der Waals surface area contributed by atoms with Gasteiger partial charge in [0.1, 0.15) is 0 Å². The van der Waals surface area contributed by atoms with Crippen LogP contribution in [-0.2, 0) is 4.74 Å². The summed E-state index contributed by atoms with van der Waals surface area (Å²) in [6.45, 7) is 7.15. The molecule has 1 aliphatic carbocycles. The highest BCUT2D eigenvalue weighted by atomic mass is 16.5. The quantitative estimate of drug-likeness (QED) is 0.688. The smallest absolute Gasteiger partial charge is 0.0471 e. The third kappa shape index (κ3) is 4.12. The molecule has 0 amide bonds. The van der Waals surface area contributed by atoms with Crippen LogP contribution in [-0.4, -0.2) is 19.8 Å². The maximum atomic E-state index is 5.96. The van der Waals surface area contributed by atoms with Gasteiger partial charge < -0.3 is 10.5 Å². The Morgan fingerprint density at radius 2 is 2.20 bits per heavy atom. The number of hydrogen-bond acceptors (Lipinski definition) is 2. The molecule has 0 aromatic heterocycles. The molecule has 0 bridgehead atoms. The SMILES string of the molecule is CCCOCCC1(CN)CCCC(C)C1. The minimum Gasteiger partial charge on any atom is -0.381 e. The first kappa shape index (κ1) is 13.0. The Hall–Kier alpha value is -0.0800. The highest BCUT2D eigenvalue weighted by molar-refractivity contribution is 4.86. The lowest BCUT2D eigenvalue weighted by molar-refractivity contribution is 0.0657. The fourth-order valence-corrected chi connectivity index (χ4v) is 2.82.